The first-order valence-corrected chi connectivity index (χ1v) is 10.0. The Morgan fingerprint density at radius 2 is 1.97 bits per heavy atom. The predicted octanol–water partition coefficient (Wildman–Crippen LogP) is 0.608. The molecule has 0 radical (unpaired) electrons. The maximum absolute atomic E-state index is 12.4. The second-order valence-corrected chi connectivity index (χ2v) is 7.18. The highest BCUT2D eigenvalue weighted by atomic mass is 16.5. The van der Waals surface area contributed by atoms with Gasteiger partial charge in [0.1, 0.15) is 23.4 Å². The van der Waals surface area contributed by atoms with Crippen LogP contribution in [0.15, 0.2) is 58.5 Å². The summed E-state index contributed by atoms with van der Waals surface area (Å²) in [5.74, 6) is 1.59. The maximum Gasteiger partial charge on any atom is 0.246 e. The highest BCUT2D eigenvalue weighted by molar-refractivity contribution is 6.01. The van der Waals surface area contributed by atoms with Crippen LogP contribution < -0.4 is 26.7 Å². The fourth-order valence-corrected chi connectivity index (χ4v) is 3.38. The third kappa shape index (κ3) is 4.41. The lowest BCUT2D eigenvalue weighted by Gasteiger charge is -2.12. The van der Waals surface area contributed by atoms with Crippen LogP contribution in [0.4, 0.5) is 5.82 Å². The van der Waals surface area contributed by atoms with Gasteiger partial charge in [-0.15, -0.1) is 0 Å². The Morgan fingerprint density at radius 1 is 1.19 bits per heavy atom. The number of rotatable bonds is 4. The minimum atomic E-state index is -0.571. The lowest BCUT2D eigenvalue weighted by Crippen LogP contribution is -2.37. The predicted molar refractivity (Wildman–Crippen MR) is 119 cm³/mol. The Balaban J connectivity index is 1.84. The van der Waals surface area contributed by atoms with Crippen LogP contribution in [0.2, 0.25) is 0 Å². The minimum Gasteiger partial charge on any atom is -0.497 e. The molecule has 0 spiro atoms. The molecule has 1 unspecified atom stereocenters. The van der Waals surface area contributed by atoms with E-state index in [1.807, 2.05) is 55.6 Å². The molecule has 1 saturated heterocycles. The lowest BCUT2D eigenvalue weighted by atomic mass is 10.2. The topological polar surface area (TPSA) is 119 Å². The van der Waals surface area contributed by atoms with Gasteiger partial charge in [0.05, 0.1) is 12.6 Å². The van der Waals surface area contributed by atoms with Gasteiger partial charge in [-0.25, -0.2) is 15.0 Å². The van der Waals surface area contributed by atoms with E-state index in [-0.39, 0.29) is 5.91 Å². The number of amides is 1. The molecule has 1 atom stereocenters. The minimum absolute atomic E-state index is 0.122. The molecule has 1 amide bonds. The largest absolute Gasteiger partial charge is 0.497 e. The average Bonchev–Trinajstić information content (AvgIpc) is 3.00. The van der Waals surface area contributed by atoms with Gasteiger partial charge in [0.2, 0.25) is 11.5 Å². The van der Waals surface area contributed by atoms with E-state index in [2.05, 4.69) is 20.6 Å². The van der Waals surface area contributed by atoms with Gasteiger partial charge in [0, 0.05) is 37.6 Å². The van der Waals surface area contributed by atoms with Crippen molar-refractivity contribution in [1.29, 1.82) is 0 Å². The zero-order valence-electron chi connectivity index (χ0n) is 17.5. The third-order valence-electron chi connectivity index (χ3n) is 5.11. The number of nitrogens with one attached hydrogen (secondary N) is 2. The van der Waals surface area contributed by atoms with Gasteiger partial charge in [-0.1, -0.05) is 12.1 Å². The molecule has 9 heteroatoms. The SMILES string of the molecule is COc1ccc(C(N)=Nc2c3ccccc3nc(=NC3CNCCNC3=O)n2C)cc1. The zero-order valence-corrected chi connectivity index (χ0v) is 17.5. The van der Waals surface area contributed by atoms with Crippen molar-refractivity contribution in [2.75, 3.05) is 26.7 Å². The van der Waals surface area contributed by atoms with Gasteiger partial charge in [-0.3, -0.25) is 9.36 Å². The van der Waals surface area contributed by atoms with Crippen LogP contribution in [0, 0.1) is 0 Å². The summed E-state index contributed by atoms with van der Waals surface area (Å²) in [4.78, 5) is 26.3. The van der Waals surface area contributed by atoms with E-state index < -0.39 is 6.04 Å². The highest BCUT2D eigenvalue weighted by Crippen LogP contribution is 2.23. The Labute approximate surface area is 179 Å². The van der Waals surface area contributed by atoms with Crippen molar-refractivity contribution in [3.05, 3.63) is 59.7 Å². The first kappa shape index (κ1) is 20.5. The summed E-state index contributed by atoms with van der Waals surface area (Å²) in [5.41, 5.74) is 8.23. The molecule has 3 aromatic rings. The summed E-state index contributed by atoms with van der Waals surface area (Å²) >= 11 is 0. The molecule has 1 aliphatic rings. The van der Waals surface area contributed by atoms with Gasteiger partial charge < -0.3 is 21.1 Å². The molecule has 0 saturated carbocycles. The standard InChI is InChI=1S/C22H25N7O2/c1-29-20(28-19(23)14-7-9-15(31-2)10-8-14)16-5-3-4-6-17(16)26-22(29)27-18-13-24-11-12-25-21(18)30/h3-10,18,24H,11-13H2,1-2H3,(H2,23,28)(H,25,30). The fourth-order valence-electron chi connectivity index (χ4n) is 3.38. The van der Waals surface area contributed by atoms with Crippen LogP contribution in [0.3, 0.4) is 0 Å². The molecule has 1 aromatic heterocycles. The quantitative estimate of drug-likeness (QED) is 0.423. The second kappa shape index (κ2) is 8.97. The molecule has 4 rings (SSSR count). The molecular weight excluding hydrogens is 394 g/mol. The zero-order chi connectivity index (χ0) is 21.8. The van der Waals surface area contributed by atoms with E-state index in [4.69, 9.17) is 15.5 Å². The normalized spacial score (nSPS) is 18.0. The van der Waals surface area contributed by atoms with Crippen molar-refractivity contribution in [2.24, 2.45) is 22.8 Å². The molecule has 9 nitrogen and oxygen atoms in total. The van der Waals surface area contributed by atoms with E-state index in [0.717, 1.165) is 22.2 Å². The number of para-hydroxylation sites is 1. The Kier molecular flexibility index (Phi) is 5.94. The maximum atomic E-state index is 12.4. The van der Waals surface area contributed by atoms with Crippen LogP contribution in [0.5, 0.6) is 5.75 Å². The lowest BCUT2D eigenvalue weighted by molar-refractivity contribution is -0.121. The summed E-state index contributed by atoms with van der Waals surface area (Å²) < 4.78 is 6.97. The summed E-state index contributed by atoms with van der Waals surface area (Å²) in [7, 11) is 3.44. The molecule has 4 N–H and O–H groups in total. The molecule has 0 bridgehead atoms. The Morgan fingerprint density at radius 3 is 2.74 bits per heavy atom. The van der Waals surface area contributed by atoms with E-state index >= 15 is 0 Å². The summed E-state index contributed by atoms with van der Waals surface area (Å²) in [5, 5.41) is 6.91. The number of carbonyl (C=O) groups is 1. The van der Waals surface area contributed by atoms with E-state index in [1.165, 1.54) is 0 Å². The summed E-state index contributed by atoms with van der Waals surface area (Å²) in [6, 6.07) is 14.5. The molecular formula is C22H25N7O2. The number of hydrogen-bond acceptors (Lipinski definition) is 6. The van der Waals surface area contributed by atoms with Crippen molar-refractivity contribution in [2.45, 2.75) is 6.04 Å². The number of aromatic nitrogens is 2. The van der Waals surface area contributed by atoms with E-state index in [9.17, 15) is 4.79 Å². The number of carbonyl (C=O) groups excluding carboxylic acids is 1. The fraction of sp³-hybridized carbons (Fsp3) is 0.273. The number of benzene rings is 2. The smallest absolute Gasteiger partial charge is 0.246 e. The van der Waals surface area contributed by atoms with Crippen LogP contribution in [-0.4, -0.2) is 54.1 Å². The third-order valence-corrected chi connectivity index (χ3v) is 5.11. The van der Waals surface area contributed by atoms with Gasteiger partial charge in [-0.2, -0.15) is 0 Å². The average molecular weight is 419 g/mol. The van der Waals surface area contributed by atoms with Gasteiger partial charge in [0.15, 0.2) is 0 Å². The molecule has 1 fully saturated rings. The molecule has 2 heterocycles. The number of fused-ring (bicyclic) bond motifs is 1. The van der Waals surface area contributed by atoms with Crippen LogP contribution in [-0.2, 0) is 11.8 Å². The van der Waals surface area contributed by atoms with Crippen molar-refractivity contribution < 1.29 is 9.53 Å². The number of hydrogen-bond donors (Lipinski definition) is 3. The first-order chi connectivity index (χ1) is 15.1. The first-order valence-electron chi connectivity index (χ1n) is 10.0. The molecule has 2 aromatic carbocycles. The van der Waals surface area contributed by atoms with Crippen molar-refractivity contribution >= 4 is 28.5 Å². The van der Waals surface area contributed by atoms with Gasteiger partial charge in [0.25, 0.3) is 0 Å². The van der Waals surface area contributed by atoms with Crippen LogP contribution in [0.25, 0.3) is 10.9 Å². The number of aliphatic imine (C=N–C) groups is 1. The van der Waals surface area contributed by atoms with Crippen LogP contribution in [0.1, 0.15) is 5.56 Å². The second-order valence-electron chi connectivity index (χ2n) is 7.18. The summed E-state index contributed by atoms with van der Waals surface area (Å²) in [6.45, 7) is 1.74. The molecule has 0 aliphatic carbocycles. The van der Waals surface area contributed by atoms with Crippen molar-refractivity contribution in [3.8, 4) is 5.75 Å². The number of amidine groups is 1. The van der Waals surface area contributed by atoms with Gasteiger partial charge in [-0.05, 0) is 36.4 Å². The number of nitrogens with zero attached hydrogens (tertiary/aromatic N) is 4. The molecule has 1 aliphatic heterocycles. The summed E-state index contributed by atoms with van der Waals surface area (Å²) in [6.07, 6.45) is 0. The Hall–Kier alpha value is -3.72. The highest BCUT2D eigenvalue weighted by Gasteiger charge is 2.20. The number of ether oxygens (including phenoxy) is 1. The van der Waals surface area contributed by atoms with Crippen molar-refractivity contribution in [3.63, 3.8) is 0 Å². The van der Waals surface area contributed by atoms with Gasteiger partial charge >= 0.3 is 0 Å². The van der Waals surface area contributed by atoms with Crippen LogP contribution >= 0.6 is 0 Å². The number of nitrogens with two attached hydrogens (primary N) is 1. The van der Waals surface area contributed by atoms with Crippen molar-refractivity contribution in [1.82, 2.24) is 20.2 Å². The van der Waals surface area contributed by atoms with E-state index in [0.29, 0.717) is 36.9 Å². The molecule has 31 heavy (non-hydrogen) atoms. The molecule has 160 valence electrons. The monoisotopic (exact) mass is 419 g/mol. The number of methoxy groups -OCH3 is 1. The van der Waals surface area contributed by atoms with E-state index in [1.54, 1.807) is 11.7 Å². The Bertz CT molecular complexity index is 1200.